The summed E-state index contributed by atoms with van der Waals surface area (Å²) in [5, 5.41) is 0. The molecule has 0 radical (unpaired) electrons. The van der Waals surface area contributed by atoms with Gasteiger partial charge in [-0.1, -0.05) is 36.4 Å². The van der Waals surface area contributed by atoms with E-state index < -0.39 is 10.0 Å². The molecule has 3 rings (SSSR count). The van der Waals surface area contributed by atoms with E-state index in [1.54, 1.807) is 33.2 Å². The van der Waals surface area contributed by atoms with Crippen molar-refractivity contribution in [1.29, 1.82) is 0 Å². The van der Waals surface area contributed by atoms with Crippen LogP contribution in [-0.4, -0.2) is 39.3 Å². The Morgan fingerprint density at radius 3 is 2.18 bits per heavy atom. The summed E-state index contributed by atoms with van der Waals surface area (Å²) in [7, 11) is -0.737. The molecular weight excluding hydrogens is 436 g/mol. The molecule has 0 spiro atoms. The summed E-state index contributed by atoms with van der Waals surface area (Å²) in [6.45, 7) is 5.58. The Kier molecular flexibility index (Phi) is 7.56. The Morgan fingerprint density at radius 2 is 1.58 bits per heavy atom. The van der Waals surface area contributed by atoms with E-state index in [9.17, 15) is 13.2 Å². The molecule has 1 amide bonds. The van der Waals surface area contributed by atoms with E-state index in [0.29, 0.717) is 11.3 Å². The SMILES string of the molecule is COc1ccc(S(=O)(=O)N(CC(=O)N(C)c2ccc(C)c(C)c2)Cc2ccccc2)cc1C. The van der Waals surface area contributed by atoms with Crippen LogP contribution >= 0.6 is 0 Å². The van der Waals surface area contributed by atoms with Gasteiger partial charge in [0.25, 0.3) is 0 Å². The van der Waals surface area contributed by atoms with Gasteiger partial charge in [-0.2, -0.15) is 4.31 Å². The first-order valence-electron chi connectivity index (χ1n) is 10.7. The minimum atomic E-state index is -3.94. The van der Waals surface area contributed by atoms with Crippen molar-refractivity contribution < 1.29 is 17.9 Å². The van der Waals surface area contributed by atoms with E-state index in [2.05, 4.69) is 0 Å². The van der Waals surface area contributed by atoms with Crippen molar-refractivity contribution in [2.75, 3.05) is 25.6 Å². The molecule has 6 nitrogen and oxygen atoms in total. The van der Waals surface area contributed by atoms with Crippen LogP contribution in [0.15, 0.2) is 71.6 Å². The van der Waals surface area contributed by atoms with Gasteiger partial charge in [0.1, 0.15) is 5.75 Å². The monoisotopic (exact) mass is 466 g/mol. The van der Waals surface area contributed by atoms with Crippen LogP contribution in [0.2, 0.25) is 0 Å². The first-order chi connectivity index (χ1) is 15.6. The minimum absolute atomic E-state index is 0.0841. The highest BCUT2D eigenvalue weighted by atomic mass is 32.2. The van der Waals surface area contributed by atoms with Crippen molar-refractivity contribution in [3.05, 3.63) is 89.0 Å². The van der Waals surface area contributed by atoms with Crippen LogP contribution in [-0.2, 0) is 21.4 Å². The number of sulfonamides is 1. The molecule has 0 aliphatic heterocycles. The molecule has 0 aromatic heterocycles. The molecule has 0 N–H and O–H groups in total. The lowest BCUT2D eigenvalue weighted by molar-refractivity contribution is -0.118. The number of amides is 1. The molecule has 0 atom stereocenters. The lowest BCUT2D eigenvalue weighted by atomic mass is 10.1. The maximum atomic E-state index is 13.6. The number of ether oxygens (including phenoxy) is 1. The quantitative estimate of drug-likeness (QED) is 0.491. The molecule has 0 bridgehead atoms. The van der Waals surface area contributed by atoms with Gasteiger partial charge in [-0.3, -0.25) is 4.79 Å². The first kappa shape index (κ1) is 24.5. The van der Waals surface area contributed by atoms with Crippen molar-refractivity contribution in [3.8, 4) is 5.75 Å². The fourth-order valence-corrected chi connectivity index (χ4v) is 4.97. The van der Waals surface area contributed by atoms with Crippen molar-refractivity contribution in [1.82, 2.24) is 4.31 Å². The van der Waals surface area contributed by atoms with Crippen LogP contribution in [0.4, 0.5) is 5.69 Å². The zero-order valence-corrected chi connectivity index (χ0v) is 20.5. The zero-order chi connectivity index (χ0) is 24.2. The van der Waals surface area contributed by atoms with Gasteiger partial charge in [0.2, 0.25) is 15.9 Å². The number of aryl methyl sites for hydroxylation is 3. The second-order valence-corrected chi connectivity index (χ2v) is 10.0. The summed E-state index contributed by atoms with van der Waals surface area (Å²) >= 11 is 0. The van der Waals surface area contributed by atoms with Gasteiger partial charge in [0.15, 0.2) is 0 Å². The fraction of sp³-hybridized carbons (Fsp3) is 0.269. The number of likely N-dealkylation sites (N-methyl/N-ethyl adjacent to an activating group) is 1. The second kappa shape index (κ2) is 10.2. The van der Waals surface area contributed by atoms with E-state index in [0.717, 1.165) is 22.4 Å². The summed E-state index contributed by atoms with van der Waals surface area (Å²) in [6.07, 6.45) is 0. The predicted molar refractivity (Wildman–Crippen MR) is 131 cm³/mol. The smallest absolute Gasteiger partial charge is 0.243 e. The van der Waals surface area contributed by atoms with Gasteiger partial charge in [0.05, 0.1) is 18.6 Å². The van der Waals surface area contributed by atoms with Crippen molar-refractivity contribution in [2.45, 2.75) is 32.2 Å². The van der Waals surface area contributed by atoms with Crippen LogP contribution in [0.5, 0.6) is 5.75 Å². The molecule has 3 aromatic rings. The van der Waals surface area contributed by atoms with Gasteiger partial charge in [-0.15, -0.1) is 0 Å². The third kappa shape index (κ3) is 5.61. The number of nitrogens with zero attached hydrogens (tertiary/aromatic N) is 2. The molecule has 0 aliphatic rings. The second-order valence-electron chi connectivity index (χ2n) is 8.11. The lowest BCUT2D eigenvalue weighted by Crippen LogP contribution is -2.41. The van der Waals surface area contributed by atoms with Crippen LogP contribution in [0.1, 0.15) is 22.3 Å². The molecule has 0 saturated heterocycles. The zero-order valence-electron chi connectivity index (χ0n) is 19.7. The van der Waals surface area contributed by atoms with E-state index in [1.165, 1.54) is 15.3 Å². The van der Waals surface area contributed by atoms with Gasteiger partial charge in [-0.05, 0) is 73.4 Å². The van der Waals surface area contributed by atoms with E-state index in [4.69, 9.17) is 4.74 Å². The Bertz CT molecular complexity index is 1240. The number of carbonyl (C=O) groups is 1. The first-order valence-corrected chi connectivity index (χ1v) is 12.1. The van der Waals surface area contributed by atoms with Crippen molar-refractivity contribution >= 4 is 21.6 Å². The number of methoxy groups -OCH3 is 1. The average Bonchev–Trinajstić information content (AvgIpc) is 2.80. The van der Waals surface area contributed by atoms with Crippen molar-refractivity contribution in [3.63, 3.8) is 0 Å². The standard InChI is InChI=1S/C26H30N2O4S/c1-19-11-12-23(15-20(19)2)27(4)26(29)18-28(17-22-9-7-6-8-10-22)33(30,31)24-13-14-25(32-5)21(3)16-24/h6-16H,17-18H2,1-5H3. The average molecular weight is 467 g/mol. The third-order valence-electron chi connectivity index (χ3n) is 5.77. The number of benzene rings is 3. The molecule has 0 heterocycles. The molecule has 0 aliphatic carbocycles. The number of rotatable bonds is 8. The van der Waals surface area contributed by atoms with Crippen LogP contribution in [0.25, 0.3) is 0 Å². The molecule has 0 unspecified atom stereocenters. The summed E-state index contributed by atoms with van der Waals surface area (Å²) in [5.41, 5.74) is 4.42. The molecule has 3 aromatic carbocycles. The van der Waals surface area contributed by atoms with Gasteiger partial charge >= 0.3 is 0 Å². The molecule has 7 heteroatoms. The van der Waals surface area contributed by atoms with Gasteiger partial charge in [0, 0.05) is 19.3 Å². The Hall–Kier alpha value is -3.16. The molecule has 174 valence electrons. The lowest BCUT2D eigenvalue weighted by Gasteiger charge is -2.25. The van der Waals surface area contributed by atoms with Gasteiger partial charge in [-0.25, -0.2) is 8.42 Å². The highest BCUT2D eigenvalue weighted by Gasteiger charge is 2.29. The van der Waals surface area contributed by atoms with Crippen LogP contribution < -0.4 is 9.64 Å². The van der Waals surface area contributed by atoms with Crippen LogP contribution in [0.3, 0.4) is 0 Å². The topological polar surface area (TPSA) is 66.9 Å². The number of hydrogen-bond donors (Lipinski definition) is 0. The van der Waals surface area contributed by atoms with Gasteiger partial charge < -0.3 is 9.64 Å². The summed E-state index contributed by atoms with van der Waals surface area (Å²) in [6, 6.07) is 19.7. The van der Waals surface area contributed by atoms with E-state index >= 15 is 0 Å². The van der Waals surface area contributed by atoms with E-state index in [1.807, 2.05) is 62.4 Å². The molecular formula is C26H30N2O4S. The maximum Gasteiger partial charge on any atom is 0.243 e. The highest BCUT2D eigenvalue weighted by molar-refractivity contribution is 7.89. The molecule has 0 fully saturated rings. The maximum absolute atomic E-state index is 13.6. The molecule has 0 saturated carbocycles. The Morgan fingerprint density at radius 1 is 0.879 bits per heavy atom. The molecule has 33 heavy (non-hydrogen) atoms. The minimum Gasteiger partial charge on any atom is -0.496 e. The number of carbonyl (C=O) groups excluding carboxylic acids is 1. The van der Waals surface area contributed by atoms with Crippen LogP contribution in [0, 0.1) is 20.8 Å². The normalized spacial score (nSPS) is 11.5. The summed E-state index contributed by atoms with van der Waals surface area (Å²) in [4.78, 5) is 14.8. The van der Waals surface area contributed by atoms with E-state index in [-0.39, 0.29) is 23.9 Å². The summed E-state index contributed by atoms with van der Waals surface area (Å²) < 4.78 is 33.7. The highest BCUT2D eigenvalue weighted by Crippen LogP contribution is 2.25. The number of hydrogen-bond acceptors (Lipinski definition) is 4. The van der Waals surface area contributed by atoms with Crippen molar-refractivity contribution in [2.24, 2.45) is 0 Å². The fourth-order valence-electron chi connectivity index (χ4n) is 3.51. The predicted octanol–water partition coefficient (Wildman–Crippen LogP) is 4.47. The Balaban J connectivity index is 1.94. The number of anilines is 1. The third-order valence-corrected chi connectivity index (χ3v) is 7.56. The Labute approximate surface area is 196 Å². The largest absolute Gasteiger partial charge is 0.496 e. The summed E-state index contributed by atoms with van der Waals surface area (Å²) in [5.74, 6) is 0.289.